The molecule has 2 aromatic rings. The first-order chi connectivity index (χ1) is 11.3. The number of hydrogen-bond acceptors (Lipinski definition) is 3. The van der Waals surface area contributed by atoms with E-state index in [0.717, 1.165) is 11.0 Å². The molecule has 0 radical (unpaired) electrons. The summed E-state index contributed by atoms with van der Waals surface area (Å²) in [5.74, 6) is -0.269. The van der Waals surface area contributed by atoms with Crippen molar-refractivity contribution < 1.29 is 4.79 Å². The normalized spacial score (nSPS) is 13.7. The Labute approximate surface area is 145 Å². The van der Waals surface area contributed by atoms with Gasteiger partial charge in [0.05, 0.1) is 10.9 Å². The minimum atomic E-state index is -0.758. The number of aromatic nitrogens is 2. The molecule has 0 fully saturated rings. The molecule has 0 aliphatic rings. The Hall–Kier alpha value is -2.08. The van der Waals surface area contributed by atoms with E-state index in [1.807, 2.05) is 13.8 Å². The van der Waals surface area contributed by atoms with E-state index in [2.05, 4.69) is 5.32 Å². The van der Waals surface area contributed by atoms with Crippen LogP contribution in [0.25, 0.3) is 10.9 Å². The van der Waals surface area contributed by atoms with E-state index >= 15 is 0 Å². The number of halogens is 1. The van der Waals surface area contributed by atoms with Crippen LogP contribution in [0.3, 0.4) is 0 Å². The van der Waals surface area contributed by atoms with Crippen LogP contribution in [0.5, 0.6) is 0 Å². The maximum Gasteiger partial charge on any atom is 0.332 e. The average Bonchev–Trinajstić information content (AvgIpc) is 2.54. The largest absolute Gasteiger partial charge is 0.352 e. The second-order valence-corrected chi connectivity index (χ2v) is 6.29. The topological polar surface area (TPSA) is 73.1 Å². The highest BCUT2D eigenvalue weighted by atomic mass is 35.5. The molecule has 6 nitrogen and oxygen atoms in total. The number of nitrogens with one attached hydrogen (secondary N) is 1. The number of benzene rings is 1. The molecule has 1 N–H and O–H groups in total. The molecule has 130 valence electrons. The van der Waals surface area contributed by atoms with Gasteiger partial charge in [-0.05, 0) is 45.4 Å². The predicted octanol–water partition coefficient (Wildman–Crippen LogP) is 2.31. The molecule has 0 bridgehead atoms. The average molecular weight is 352 g/mol. The van der Waals surface area contributed by atoms with Gasteiger partial charge in [0, 0.05) is 17.6 Å². The minimum absolute atomic E-state index is 0.00239. The van der Waals surface area contributed by atoms with E-state index in [1.165, 1.54) is 4.57 Å². The number of fused-ring (bicyclic) bond motifs is 1. The molecule has 2 atom stereocenters. The highest BCUT2D eigenvalue weighted by Crippen LogP contribution is 2.18. The van der Waals surface area contributed by atoms with Crippen molar-refractivity contribution in [3.8, 4) is 0 Å². The number of carbonyl (C=O) groups is 1. The second kappa shape index (κ2) is 7.21. The smallest absolute Gasteiger partial charge is 0.332 e. The van der Waals surface area contributed by atoms with Gasteiger partial charge in [-0.2, -0.15) is 0 Å². The first kappa shape index (κ1) is 18.3. The quantitative estimate of drug-likeness (QED) is 0.898. The van der Waals surface area contributed by atoms with E-state index < -0.39 is 11.7 Å². The molecule has 2 rings (SSSR count). The van der Waals surface area contributed by atoms with Crippen LogP contribution in [0, 0.1) is 0 Å². The van der Waals surface area contributed by atoms with Gasteiger partial charge in [-0.1, -0.05) is 18.5 Å². The fourth-order valence-corrected chi connectivity index (χ4v) is 2.75. The fraction of sp³-hybridized carbons (Fsp3) is 0.471. The monoisotopic (exact) mass is 351 g/mol. The molecule has 0 saturated heterocycles. The molecule has 1 heterocycles. The van der Waals surface area contributed by atoms with E-state index in [4.69, 9.17) is 11.6 Å². The molecule has 0 spiro atoms. The van der Waals surface area contributed by atoms with Crippen molar-refractivity contribution in [3.05, 3.63) is 44.1 Å². The minimum Gasteiger partial charge on any atom is -0.352 e. The van der Waals surface area contributed by atoms with Crippen molar-refractivity contribution in [1.29, 1.82) is 0 Å². The van der Waals surface area contributed by atoms with E-state index in [9.17, 15) is 14.4 Å². The standard InChI is InChI=1S/C17H22ClN3O3/c1-5-10(3)19-15(22)11(4)21-14-9-12(18)7-8-13(14)16(23)20(6-2)17(21)24/h7-11H,5-6H2,1-4H3,(H,19,22)/t10-,11+/m1/s1. The van der Waals surface area contributed by atoms with Gasteiger partial charge in [-0.25, -0.2) is 4.79 Å². The van der Waals surface area contributed by atoms with Gasteiger partial charge < -0.3 is 5.32 Å². The molecule has 1 aromatic carbocycles. The van der Waals surface area contributed by atoms with E-state index in [-0.39, 0.29) is 24.1 Å². The maximum atomic E-state index is 12.8. The van der Waals surface area contributed by atoms with Crippen molar-refractivity contribution in [1.82, 2.24) is 14.5 Å². The van der Waals surface area contributed by atoms with Crippen molar-refractivity contribution in [2.45, 2.75) is 52.7 Å². The lowest BCUT2D eigenvalue weighted by molar-refractivity contribution is -0.124. The third-order valence-electron chi connectivity index (χ3n) is 4.22. The zero-order valence-corrected chi connectivity index (χ0v) is 15.1. The van der Waals surface area contributed by atoms with Crippen LogP contribution < -0.4 is 16.6 Å². The van der Waals surface area contributed by atoms with Crippen molar-refractivity contribution in [3.63, 3.8) is 0 Å². The Kier molecular flexibility index (Phi) is 5.49. The molecule has 0 aliphatic heterocycles. The first-order valence-electron chi connectivity index (χ1n) is 8.06. The molecular formula is C17H22ClN3O3. The van der Waals surface area contributed by atoms with Crippen molar-refractivity contribution >= 4 is 28.4 Å². The van der Waals surface area contributed by atoms with E-state index in [0.29, 0.717) is 15.9 Å². The molecule has 24 heavy (non-hydrogen) atoms. The number of hydrogen-bond donors (Lipinski definition) is 1. The lowest BCUT2D eigenvalue weighted by Gasteiger charge is -2.21. The van der Waals surface area contributed by atoms with Crippen LogP contribution in [0.1, 0.15) is 40.2 Å². The lowest BCUT2D eigenvalue weighted by atomic mass is 10.2. The number of carbonyl (C=O) groups excluding carboxylic acids is 1. The third-order valence-corrected chi connectivity index (χ3v) is 4.45. The summed E-state index contributed by atoms with van der Waals surface area (Å²) in [5.41, 5.74) is -0.516. The summed E-state index contributed by atoms with van der Waals surface area (Å²) in [6.45, 7) is 7.46. The van der Waals surface area contributed by atoms with Gasteiger partial charge in [-0.3, -0.25) is 18.7 Å². The van der Waals surface area contributed by atoms with Crippen LogP contribution in [0.2, 0.25) is 5.02 Å². The van der Waals surface area contributed by atoms with Crippen molar-refractivity contribution in [2.24, 2.45) is 0 Å². The molecule has 1 amide bonds. The van der Waals surface area contributed by atoms with Crippen LogP contribution in [0.15, 0.2) is 27.8 Å². The lowest BCUT2D eigenvalue weighted by Crippen LogP contribution is -2.45. The first-order valence-corrected chi connectivity index (χ1v) is 8.44. The van der Waals surface area contributed by atoms with Crippen molar-refractivity contribution in [2.75, 3.05) is 0 Å². The van der Waals surface area contributed by atoms with Gasteiger partial charge in [0.2, 0.25) is 5.91 Å². The van der Waals surface area contributed by atoms with E-state index in [1.54, 1.807) is 32.0 Å². The summed E-state index contributed by atoms with van der Waals surface area (Å²) in [6, 6.07) is 3.98. The Morgan fingerprint density at radius 1 is 1.25 bits per heavy atom. The van der Waals surface area contributed by atoms with Gasteiger partial charge in [-0.15, -0.1) is 0 Å². The molecule has 0 aliphatic carbocycles. The summed E-state index contributed by atoms with van der Waals surface area (Å²) in [6.07, 6.45) is 0.786. The molecule has 1 aromatic heterocycles. The van der Waals surface area contributed by atoms with Gasteiger partial charge in [0.25, 0.3) is 5.56 Å². The van der Waals surface area contributed by atoms with Gasteiger partial charge >= 0.3 is 5.69 Å². The molecule has 7 heteroatoms. The van der Waals surface area contributed by atoms with Crippen LogP contribution in [0.4, 0.5) is 0 Å². The van der Waals surface area contributed by atoms with Gasteiger partial charge in [0.1, 0.15) is 6.04 Å². The highest BCUT2D eigenvalue weighted by Gasteiger charge is 2.22. The Morgan fingerprint density at radius 2 is 1.92 bits per heavy atom. The predicted molar refractivity (Wildman–Crippen MR) is 95.8 cm³/mol. The summed E-state index contributed by atoms with van der Waals surface area (Å²) in [7, 11) is 0. The second-order valence-electron chi connectivity index (χ2n) is 5.86. The Balaban J connectivity index is 2.72. The SMILES string of the molecule is CC[C@@H](C)NC(=O)[C@H](C)n1c(=O)n(CC)c(=O)c2ccc(Cl)cc21. The summed E-state index contributed by atoms with van der Waals surface area (Å²) in [5, 5.41) is 3.63. The number of amides is 1. The molecular weight excluding hydrogens is 330 g/mol. The Morgan fingerprint density at radius 3 is 2.50 bits per heavy atom. The zero-order valence-electron chi connectivity index (χ0n) is 14.3. The fourth-order valence-electron chi connectivity index (χ4n) is 2.59. The molecule has 0 unspecified atom stereocenters. The summed E-state index contributed by atoms with van der Waals surface area (Å²) in [4.78, 5) is 37.7. The summed E-state index contributed by atoms with van der Waals surface area (Å²) < 4.78 is 2.47. The molecule has 0 saturated carbocycles. The van der Waals surface area contributed by atoms with Gasteiger partial charge in [0.15, 0.2) is 0 Å². The third kappa shape index (κ3) is 3.24. The number of nitrogens with zero attached hydrogens (tertiary/aromatic N) is 2. The van der Waals surface area contributed by atoms with Crippen LogP contribution in [-0.2, 0) is 11.3 Å². The number of rotatable bonds is 5. The Bertz CT molecular complexity index is 885. The van der Waals surface area contributed by atoms with Crippen LogP contribution in [-0.4, -0.2) is 21.1 Å². The zero-order chi connectivity index (χ0) is 18.0. The van der Waals surface area contributed by atoms with Crippen LogP contribution >= 0.6 is 11.6 Å². The summed E-state index contributed by atoms with van der Waals surface area (Å²) >= 11 is 6.04. The highest BCUT2D eigenvalue weighted by molar-refractivity contribution is 6.31. The maximum absolute atomic E-state index is 12.8.